The Morgan fingerprint density at radius 2 is 1.49 bits per heavy atom. The average molecular weight is 962 g/mol. The first kappa shape index (κ1) is 35.4. The molecule has 3 rings (SSSR count). The summed E-state index contributed by atoms with van der Waals surface area (Å²) in [6.07, 6.45) is 8.62. The van der Waals surface area contributed by atoms with Gasteiger partial charge < -0.3 is 28.5 Å². The number of nitrogens with zero attached hydrogens (tertiary/aromatic N) is 2. The van der Waals surface area contributed by atoms with E-state index in [9.17, 15) is 13.2 Å². The summed E-state index contributed by atoms with van der Waals surface area (Å²) in [5.41, 5.74) is -0.361. The first-order valence-corrected chi connectivity index (χ1v) is 14.3. The fraction of sp³-hybridized carbons (Fsp3) is 0.364. The molecule has 1 aliphatic heterocycles. The van der Waals surface area contributed by atoms with Gasteiger partial charge in [-0.2, -0.15) is 17.7 Å². The number of pyridine rings is 1. The minimum Gasteiger partial charge on any atom is -1.00 e. The lowest BCUT2D eigenvalue weighted by atomic mass is 9.81. The maximum Gasteiger partial charge on any atom is 0.485 e. The number of fused-ring (bicyclic) bond motifs is 1. The van der Waals surface area contributed by atoms with E-state index in [0.29, 0.717) is -0.565 Å². The highest BCUT2D eigenvalue weighted by Crippen LogP contribution is 2.39. The summed E-state index contributed by atoms with van der Waals surface area (Å²) in [7, 11) is -1.89. The Balaban J connectivity index is 0.000000692. The van der Waals surface area contributed by atoms with Gasteiger partial charge in [0.05, 0.1) is 5.41 Å². The van der Waals surface area contributed by atoms with Crippen LogP contribution in [0.3, 0.4) is 0 Å². The first-order chi connectivity index (χ1) is 15.2. The normalized spacial score (nSPS) is 14.9. The van der Waals surface area contributed by atoms with Crippen LogP contribution in [0, 0.1) is 0 Å². The molecule has 1 aromatic carbocycles. The zero-order chi connectivity index (χ0) is 26.5. The largest absolute Gasteiger partial charge is 1.00 e. The number of para-hydroxylation sites is 1. The third-order valence-electron chi connectivity index (χ3n) is 4.62. The monoisotopic (exact) mass is 962 g/mol. The third kappa shape index (κ3) is 11.8. The van der Waals surface area contributed by atoms with E-state index in [2.05, 4.69) is 159 Å². The van der Waals surface area contributed by atoms with Gasteiger partial charge in [-0.05, 0) is 32.9 Å². The molecule has 2 aromatic rings. The summed E-state index contributed by atoms with van der Waals surface area (Å²) in [5, 5.41) is 0. The van der Waals surface area contributed by atoms with Crippen LogP contribution >= 0.6 is 67.8 Å². The van der Waals surface area contributed by atoms with Gasteiger partial charge in [-0.25, -0.2) is 13.0 Å². The molecule has 0 bridgehead atoms. The van der Waals surface area contributed by atoms with Gasteiger partial charge in [0, 0.05) is 29.3 Å². The lowest BCUT2D eigenvalue weighted by Crippen LogP contribution is -3.00. The average Bonchev–Trinajstić information content (AvgIpc) is 2.84. The summed E-state index contributed by atoms with van der Waals surface area (Å²) in [4.78, 5) is 0. The Morgan fingerprint density at radius 3 is 1.91 bits per heavy atom. The predicted molar refractivity (Wildman–Crippen MR) is 153 cm³/mol. The molecule has 35 heavy (non-hydrogen) atoms. The number of aryl methyl sites for hydroxylation is 1. The number of rotatable bonds is 2. The van der Waals surface area contributed by atoms with Crippen molar-refractivity contribution < 1.29 is 59.3 Å². The van der Waals surface area contributed by atoms with Crippen molar-refractivity contribution in [3.63, 3.8) is 0 Å². The second-order valence-corrected chi connectivity index (χ2v) is 21.9. The Bertz CT molecular complexity index is 1170. The number of alkyl halides is 6. The van der Waals surface area contributed by atoms with Gasteiger partial charge in [-0.15, -0.1) is 0 Å². The summed E-state index contributed by atoms with van der Waals surface area (Å²) in [5.74, 6) is 0. The van der Waals surface area contributed by atoms with E-state index in [4.69, 9.17) is 13.0 Å². The van der Waals surface area contributed by atoms with Gasteiger partial charge in [-0.1, -0.05) is 86.0 Å². The molecule has 0 unspecified atom stereocenters. The molecule has 13 heteroatoms. The van der Waals surface area contributed by atoms with Crippen molar-refractivity contribution >= 4 is 95.4 Å². The summed E-state index contributed by atoms with van der Waals surface area (Å²) in [6, 6.07) is 12.9. The quantitative estimate of drug-likeness (QED) is 0.153. The van der Waals surface area contributed by atoms with Crippen LogP contribution in [-0.4, -0.2) is 35.2 Å². The molecule has 196 valence electrons. The predicted octanol–water partition coefficient (Wildman–Crippen LogP) is 3.25. The number of halogens is 7. The lowest BCUT2D eigenvalue weighted by molar-refractivity contribution is -0.671. The summed E-state index contributed by atoms with van der Waals surface area (Å²) < 4.78 is 63.7. The van der Waals surface area contributed by atoms with E-state index in [0.717, 1.165) is 0 Å². The van der Waals surface area contributed by atoms with Crippen molar-refractivity contribution in [1.29, 1.82) is 0 Å². The second kappa shape index (κ2) is 14.0. The molecule has 5 nitrogen and oxygen atoms in total. The Hall–Kier alpha value is 0.400. The number of hydrogen-bond donors (Lipinski definition) is 0. The van der Waals surface area contributed by atoms with Crippen molar-refractivity contribution in [2.45, 2.75) is 31.1 Å². The van der Waals surface area contributed by atoms with Crippen molar-refractivity contribution in [3.8, 4) is 0 Å². The minimum absolute atomic E-state index is 0. The van der Waals surface area contributed by atoms with Gasteiger partial charge in [-0.3, -0.25) is 0 Å². The molecule has 1 aromatic heterocycles. The Kier molecular flexibility index (Phi) is 14.1. The maximum absolute atomic E-state index is 10.7. The van der Waals surface area contributed by atoms with Crippen molar-refractivity contribution in [1.82, 2.24) is 0 Å². The van der Waals surface area contributed by atoms with Crippen LogP contribution < -0.4 is 28.5 Å². The Morgan fingerprint density at radius 1 is 1.00 bits per heavy atom. The highest BCUT2D eigenvalue weighted by molar-refractivity contribution is 14.3. The molecule has 0 fully saturated rings. The van der Waals surface area contributed by atoms with E-state index in [1.165, 1.54) is 22.5 Å². The molecule has 0 spiro atoms. The number of hydrogen-bond acceptors (Lipinski definition) is 3. The lowest BCUT2D eigenvalue weighted by Gasteiger charge is -2.15. The van der Waals surface area contributed by atoms with Gasteiger partial charge in [0.15, 0.2) is 28.2 Å². The van der Waals surface area contributed by atoms with Crippen molar-refractivity contribution in [2.75, 3.05) is 7.05 Å². The van der Waals surface area contributed by atoms with E-state index in [-0.39, 0.29) is 29.4 Å². The van der Waals surface area contributed by atoms with E-state index >= 15 is 0 Å². The van der Waals surface area contributed by atoms with Gasteiger partial charge in [0.25, 0.3) is 0 Å². The van der Waals surface area contributed by atoms with Crippen LogP contribution in [0.4, 0.5) is 18.9 Å². The molecule has 0 aliphatic carbocycles. The fourth-order valence-electron chi connectivity index (χ4n) is 3.19. The maximum atomic E-state index is 10.7. The van der Waals surface area contributed by atoms with Crippen LogP contribution in [0.25, 0.3) is 6.08 Å². The Labute approximate surface area is 262 Å². The molecule has 2 heterocycles. The van der Waals surface area contributed by atoms with Crippen molar-refractivity contribution in [3.05, 3.63) is 66.0 Å². The molecule has 0 saturated carbocycles. The molecule has 0 N–H and O–H groups in total. The van der Waals surface area contributed by atoms with E-state index in [1.807, 2.05) is 13.2 Å². The molecule has 0 radical (unpaired) electrons. The van der Waals surface area contributed by atoms with Gasteiger partial charge >= 0.3 is 5.51 Å². The van der Waals surface area contributed by atoms with Gasteiger partial charge in [0.1, 0.15) is 13.5 Å². The fourth-order valence-corrected chi connectivity index (χ4v) is 3.19. The molecule has 1 aliphatic rings. The molecular weight excluding hydrogens is 937 g/mol. The second-order valence-electron chi connectivity index (χ2n) is 7.90. The van der Waals surface area contributed by atoms with Crippen LogP contribution in [-0.2, 0) is 22.6 Å². The molecular formula is C22H25F3I4N2O3S. The number of aromatic nitrogens is 1. The van der Waals surface area contributed by atoms with Crippen LogP contribution in [0.2, 0.25) is 0 Å². The van der Waals surface area contributed by atoms with Crippen molar-refractivity contribution in [2.24, 2.45) is 7.05 Å². The molecule has 0 atom stereocenters. The van der Waals surface area contributed by atoms with E-state index in [1.54, 1.807) is 0 Å². The number of allylic oxidation sites excluding steroid dienone is 1. The topological polar surface area (TPSA) is 64.1 Å². The van der Waals surface area contributed by atoms with Crippen LogP contribution in [0.1, 0.15) is 31.9 Å². The first-order valence-electron chi connectivity index (χ1n) is 9.68. The summed E-state index contributed by atoms with van der Waals surface area (Å²) >= 11 is 7.05. The SMILES string of the molecule is CC(I)(I)I.C[N+]1=C(/C=C/c2ccc[n+](C)c2)C(C)(C)c2ccccc21.O=S(=O)([O-])C(F)(F)F.[I-]. The zero-order valence-corrected chi connectivity index (χ0v) is 28.9. The highest BCUT2D eigenvalue weighted by atomic mass is 127. The van der Waals surface area contributed by atoms with Crippen LogP contribution in [0.5, 0.6) is 0 Å². The zero-order valence-electron chi connectivity index (χ0n) is 19.4. The molecule has 0 amide bonds. The third-order valence-corrected chi connectivity index (χ3v) is 5.19. The van der Waals surface area contributed by atoms with Crippen LogP contribution in [0.15, 0.2) is 54.9 Å². The highest BCUT2D eigenvalue weighted by Gasteiger charge is 2.42. The molecule has 0 saturated heterocycles. The minimum atomic E-state index is -6.09. The summed E-state index contributed by atoms with van der Waals surface area (Å²) in [6.45, 7) is 6.73. The number of benzene rings is 1. The van der Waals surface area contributed by atoms with E-state index < -0.39 is 15.6 Å². The van der Waals surface area contributed by atoms with Gasteiger partial charge in [0.2, 0.25) is 5.69 Å². The standard InChI is InChI=1S/C19H22N2.C2H3I3.CHF3O3S.HI/c1-19(2)16-9-5-6-10-17(16)21(4)18(19)12-11-15-8-7-13-20(3)14-15;1-2(3,4)5;2-1(3,4)8(5,6)7;/h5-14H,1-4H3;1H3;(H,5,6,7);1H/q+2;;;/p-2/b12-11+;;;. The smallest absolute Gasteiger partial charge is 0.485 e.